The van der Waals surface area contributed by atoms with Crippen molar-refractivity contribution in [2.45, 2.75) is 31.3 Å². The molecule has 0 aliphatic carbocycles. The first kappa shape index (κ1) is 22.5. The first-order valence-electron chi connectivity index (χ1n) is 11.9. The van der Waals surface area contributed by atoms with Crippen LogP contribution in [0.4, 0.5) is 4.79 Å². The molecule has 3 amide bonds. The highest BCUT2D eigenvalue weighted by Crippen LogP contribution is 2.37. The second kappa shape index (κ2) is 8.80. The number of aryl methyl sites for hydroxylation is 1. The SMILES string of the molecule is COc1cccc(C[C@]2(C3CCN(Cc4cn(C)c5ccccc45)CC3)NC(=O)N(C)C2=O)c1. The van der Waals surface area contributed by atoms with Crippen LogP contribution >= 0.6 is 0 Å². The molecule has 0 spiro atoms. The summed E-state index contributed by atoms with van der Waals surface area (Å²) in [5.74, 6) is 0.694. The van der Waals surface area contributed by atoms with Gasteiger partial charge in [0, 0.05) is 44.2 Å². The molecule has 2 aliphatic rings. The monoisotopic (exact) mass is 460 g/mol. The van der Waals surface area contributed by atoms with Crippen molar-refractivity contribution in [2.75, 3.05) is 27.2 Å². The number of para-hydroxylation sites is 1. The molecule has 34 heavy (non-hydrogen) atoms. The Morgan fingerprint density at radius 2 is 1.82 bits per heavy atom. The van der Waals surface area contributed by atoms with Gasteiger partial charge in [0.1, 0.15) is 11.3 Å². The second-order valence-corrected chi connectivity index (χ2v) is 9.63. The number of aromatic nitrogens is 1. The summed E-state index contributed by atoms with van der Waals surface area (Å²) < 4.78 is 7.56. The van der Waals surface area contributed by atoms with Gasteiger partial charge in [0.25, 0.3) is 5.91 Å². The number of carbonyl (C=O) groups is 2. The van der Waals surface area contributed by atoms with Gasteiger partial charge in [-0.15, -0.1) is 0 Å². The number of nitrogens with zero attached hydrogens (tertiary/aromatic N) is 3. The van der Waals surface area contributed by atoms with E-state index in [1.54, 1.807) is 14.2 Å². The maximum Gasteiger partial charge on any atom is 0.324 e. The predicted octanol–water partition coefficient (Wildman–Crippen LogP) is 3.56. The van der Waals surface area contributed by atoms with Crippen molar-refractivity contribution in [3.63, 3.8) is 0 Å². The summed E-state index contributed by atoms with van der Waals surface area (Å²) in [5.41, 5.74) is 2.64. The molecule has 0 unspecified atom stereocenters. The number of fused-ring (bicyclic) bond motifs is 1. The van der Waals surface area contributed by atoms with Gasteiger partial charge in [-0.1, -0.05) is 30.3 Å². The third kappa shape index (κ3) is 3.84. The lowest BCUT2D eigenvalue weighted by atomic mass is 9.74. The van der Waals surface area contributed by atoms with Crippen LogP contribution < -0.4 is 10.1 Å². The number of hydrogen-bond acceptors (Lipinski definition) is 4. The number of amides is 3. The highest BCUT2D eigenvalue weighted by atomic mass is 16.5. The Morgan fingerprint density at radius 1 is 1.06 bits per heavy atom. The number of benzene rings is 2. The van der Waals surface area contributed by atoms with Crippen molar-refractivity contribution < 1.29 is 14.3 Å². The van der Waals surface area contributed by atoms with E-state index in [1.807, 2.05) is 24.3 Å². The lowest BCUT2D eigenvalue weighted by molar-refractivity contribution is -0.133. The number of piperidine rings is 1. The van der Waals surface area contributed by atoms with Crippen LogP contribution in [0.1, 0.15) is 24.0 Å². The number of imide groups is 1. The number of nitrogens with one attached hydrogen (secondary N) is 1. The highest BCUT2D eigenvalue weighted by Gasteiger charge is 2.54. The van der Waals surface area contributed by atoms with Gasteiger partial charge in [0.05, 0.1) is 7.11 Å². The molecule has 5 rings (SSSR count). The maximum atomic E-state index is 13.4. The molecule has 0 saturated carbocycles. The van der Waals surface area contributed by atoms with Gasteiger partial charge in [-0.2, -0.15) is 0 Å². The summed E-state index contributed by atoms with van der Waals surface area (Å²) in [6, 6.07) is 16.0. The Kier molecular flexibility index (Phi) is 5.81. The summed E-state index contributed by atoms with van der Waals surface area (Å²) in [4.78, 5) is 29.7. The van der Waals surface area contributed by atoms with Gasteiger partial charge < -0.3 is 14.6 Å². The van der Waals surface area contributed by atoms with Crippen molar-refractivity contribution in [2.24, 2.45) is 13.0 Å². The van der Waals surface area contributed by atoms with E-state index >= 15 is 0 Å². The molecule has 7 nitrogen and oxygen atoms in total. The average molecular weight is 461 g/mol. The van der Waals surface area contributed by atoms with Gasteiger partial charge in [-0.25, -0.2) is 4.79 Å². The van der Waals surface area contributed by atoms with Gasteiger partial charge in [-0.3, -0.25) is 14.6 Å². The van der Waals surface area contributed by atoms with Crippen LogP contribution in [0, 0.1) is 5.92 Å². The zero-order chi connectivity index (χ0) is 23.9. The molecule has 1 aromatic heterocycles. The number of likely N-dealkylation sites (N-methyl/N-ethyl adjacent to an activating group) is 1. The topological polar surface area (TPSA) is 66.8 Å². The quantitative estimate of drug-likeness (QED) is 0.571. The number of rotatable bonds is 6. The average Bonchev–Trinajstić information content (AvgIpc) is 3.28. The van der Waals surface area contributed by atoms with Crippen molar-refractivity contribution in [3.8, 4) is 5.75 Å². The van der Waals surface area contributed by atoms with E-state index in [-0.39, 0.29) is 17.9 Å². The predicted molar refractivity (Wildman–Crippen MR) is 132 cm³/mol. The number of methoxy groups -OCH3 is 1. The molecule has 2 fully saturated rings. The third-order valence-electron chi connectivity index (χ3n) is 7.60. The molecule has 7 heteroatoms. The largest absolute Gasteiger partial charge is 0.497 e. The zero-order valence-electron chi connectivity index (χ0n) is 20.1. The minimum Gasteiger partial charge on any atom is -0.497 e. The second-order valence-electron chi connectivity index (χ2n) is 9.63. The van der Waals surface area contributed by atoms with E-state index in [0.29, 0.717) is 6.42 Å². The molecular weight excluding hydrogens is 428 g/mol. The van der Waals surface area contributed by atoms with Crippen LogP contribution in [0.3, 0.4) is 0 Å². The molecule has 2 saturated heterocycles. The van der Waals surface area contributed by atoms with Crippen LogP contribution in [0.15, 0.2) is 54.7 Å². The van der Waals surface area contributed by atoms with Crippen molar-refractivity contribution in [1.29, 1.82) is 0 Å². The minimum atomic E-state index is -0.913. The lowest BCUT2D eigenvalue weighted by Crippen LogP contribution is -2.57. The first-order chi connectivity index (χ1) is 16.4. The van der Waals surface area contributed by atoms with Crippen molar-refractivity contribution in [1.82, 2.24) is 19.7 Å². The van der Waals surface area contributed by atoms with E-state index in [4.69, 9.17) is 4.74 Å². The molecule has 3 heterocycles. The summed E-state index contributed by atoms with van der Waals surface area (Å²) in [6.07, 6.45) is 4.40. The molecule has 0 radical (unpaired) electrons. The Morgan fingerprint density at radius 3 is 2.53 bits per heavy atom. The fraction of sp³-hybridized carbons (Fsp3) is 0.407. The van der Waals surface area contributed by atoms with Crippen LogP contribution in [0.2, 0.25) is 0 Å². The van der Waals surface area contributed by atoms with Gasteiger partial charge in [0.15, 0.2) is 0 Å². The van der Waals surface area contributed by atoms with Crippen LogP contribution in [-0.2, 0) is 24.8 Å². The number of carbonyl (C=O) groups excluding carboxylic acids is 2. The van der Waals surface area contributed by atoms with Crippen LogP contribution in [-0.4, -0.2) is 59.1 Å². The number of hydrogen-bond donors (Lipinski definition) is 1. The van der Waals surface area contributed by atoms with E-state index in [1.165, 1.54) is 21.4 Å². The maximum absolute atomic E-state index is 13.4. The first-order valence-corrected chi connectivity index (χ1v) is 11.9. The van der Waals surface area contributed by atoms with Crippen molar-refractivity contribution in [3.05, 3.63) is 65.9 Å². The van der Waals surface area contributed by atoms with Crippen LogP contribution in [0.25, 0.3) is 10.9 Å². The minimum absolute atomic E-state index is 0.0730. The molecule has 2 aromatic carbocycles. The highest BCUT2D eigenvalue weighted by molar-refractivity contribution is 6.07. The van der Waals surface area contributed by atoms with E-state index in [0.717, 1.165) is 43.8 Å². The zero-order valence-corrected chi connectivity index (χ0v) is 20.1. The molecule has 0 bridgehead atoms. The molecule has 178 valence electrons. The number of likely N-dealkylation sites (tertiary alicyclic amines) is 1. The Labute approximate surface area is 200 Å². The standard InChI is InChI=1S/C27H32N4O3/c1-29-17-20(23-9-4-5-10-24(23)29)18-31-13-11-21(12-14-31)27(25(32)30(2)26(33)28-27)16-19-7-6-8-22(15-19)34-3/h4-10,15,17,21H,11-14,16,18H2,1-3H3,(H,28,33)/t27-/m1/s1. The lowest BCUT2D eigenvalue weighted by Gasteiger charge is -2.41. The number of urea groups is 1. The third-order valence-corrected chi connectivity index (χ3v) is 7.60. The number of ether oxygens (including phenoxy) is 1. The molecule has 1 atom stereocenters. The summed E-state index contributed by atoms with van der Waals surface area (Å²) >= 11 is 0. The smallest absolute Gasteiger partial charge is 0.324 e. The molecule has 1 N–H and O–H groups in total. The Balaban J connectivity index is 1.35. The van der Waals surface area contributed by atoms with Gasteiger partial charge in [-0.05, 0) is 61.2 Å². The van der Waals surface area contributed by atoms with E-state index in [9.17, 15) is 9.59 Å². The fourth-order valence-corrected chi connectivity index (χ4v) is 5.74. The Hall–Kier alpha value is -3.32. The van der Waals surface area contributed by atoms with Gasteiger partial charge >= 0.3 is 6.03 Å². The van der Waals surface area contributed by atoms with E-state index in [2.05, 4.69) is 52.3 Å². The van der Waals surface area contributed by atoms with E-state index < -0.39 is 5.54 Å². The van der Waals surface area contributed by atoms with Gasteiger partial charge in [0.2, 0.25) is 0 Å². The fourth-order valence-electron chi connectivity index (χ4n) is 5.74. The van der Waals surface area contributed by atoms with Crippen LogP contribution in [0.5, 0.6) is 5.75 Å². The molecular formula is C27H32N4O3. The molecule has 3 aromatic rings. The molecule has 2 aliphatic heterocycles. The summed E-state index contributed by atoms with van der Waals surface area (Å²) in [6.45, 7) is 2.67. The summed E-state index contributed by atoms with van der Waals surface area (Å²) in [7, 11) is 5.29. The summed E-state index contributed by atoms with van der Waals surface area (Å²) in [5, 5.41) is 4.38. The van der Waals surface area contributed by atoms with Crippen molar-refractivity contribution >= 4 is 22.8 Å². The normalized spacial score (nSPS) is 21.9. The Bertz CT molecular complexity index is 1230.